The van der Waals surface area contributed by atoms with Crippen molar-refractivity contribution in [1.82, 2.24) is 0 Å². The quantitative estimate of drug-likeness (QED) is 0.162. The SMILES string of the molecule is CC(C)(C)c1cc2c3c(c1)N(c1cc4c(cc1-c1cccc([Si](C)(C)C)c1)C(C)(C)CCC4(C)C)c1cc4c(cc1B3c1cc3c(cc1N2c1ccc2c(c1)C(C)(C)CCC2(C)C)C(C)(C)CCC3(C)C)C(C)(C)CCC4(C)C. The molecule has 0 bridgehead atoms. The second kappa shape index (κ2) is 16.9. The van der Waals surface area contributed by atoms with E-state index in [1.165, 1.54) is 163 Å². The van der Waals surface area contributed by atoms with E-state index in [2.05, 4.69) is 252 Å². The molecule has 0 unspecified atom stereocenters. The molecule has 2 nitrogen and oxygen atoms in total. The minimum atomic E-state index is -1.69. The number of anilines is 6. The summed E-state index contributed by atoms with van der Waals surface area (Å²) in [6.07, 6.45) is 9.44. The molecular weight excluding hydrogens is 968 g/mol. The third-order valence-corrected chi connectivity index (χ3v) is 24.3. The Morgan fingerprint density at radius 3 is 1.20 bits per heavy atom. The molecule has 0 atom stereocenters. The average molecular weight is 1070 g/mol. The summed E-state index contributed by atoms with van der Waals surface area (Å²) in [7, 11) is -1.69. The van der Waals surface area contributed by atoms with Gasteiger partial charge in [-0.15, -0.1) is 0 Å². The van der Waals surface area contributed by atoms with Crippen LogP contribution in [0.5, 0.6) is 0 Å². The minimum Gasteiger partial charge on any atom is -0.311 e. The van der Waals surface area contributed by atoms with Gasteiger partial charge in [-0.2, -0.15) is 0 Å². The lowest BCUT2D eigenvalue weighted by molar-refractivity contribution is 0.332. The maximum atomic E-state index is 2.86. The number of fused-ring (bicyclic) bond motifs is 8. The first-order chi connectivity index (χ1) is 36.3. The van der Waals surface area contributed by atoms with Gasteiger partial charge in [0.25, 0.3) is 6.71 Å². The summed E-state index contributed by atoms with van der Waals surface area (Å²) >= 11 is 0. The Morgan fingerprint density at radius 1 is 0.380 bits per heavy atom. The van der Waals surface area contributed by atoms with Gasteiger partial charge in [-0.3, -0.25) is 0 Å². The molecule has 6 aromatic rings. The summed E-state index contributed by atoms with van der Waals surface area (Å²) in [5.41, 5.74) is 28.9. The van der Waals surface area contributed by atoms with Gasteiger partial charge < -0.3 is 9.80 Å². The van der Waals surface area contributed by atoms with Crippen LogP contribution in [-0.2, 0) is 48.7 Å². The van der Waals surface area contributed by atoms with E-state index in [9.17, 15) is 0 Å². The second-order valence-corrected chi connectivity index (χ2v) is 38.8. The molecule has 0 aromatic heterocycles. The standard InChI is InChI=1S/C75H97BN2Si/c1-67(2,3)47-37-64-66-65(38-47)78(61-43-56-53(70(8,9)30-33-73(56,14)15)40-50(61)46-24-23-25-49(36-46)79(20,21)22)63-45-58-55(72(12,13)32-35-75(58,18)19)42-60(63)76(66)59-41-54-57(74(16,17)34-31-71(54,10)11)44-62(59)77(64)48-26-27-51-52(39-48)69(6,7)29-28-68(51,4)5/h23-27,36-45H,28-35H2,1-22H3. The van der Waals surface area contributed by atoms with Crippen LogP contribution in [0.2, 0.25) is 19.6 Å². The lowest BCUT2D eigenvalue weighted by Gasteiger charge is -2.50. The minimum absolute atomic E-state index is 0.0121. The Labute approximate surface area is 481 Å². The number of nitrogens with zero attached hydrogens (tertiary/aromatic N) is 2. The lowest BCUT2D eigenvalue weighted by atomic mass is 9.32. The molecule has 0 fully saturated rings. The topological polar surface area (TPSA) is 6.48 Å². The molecular formula is C75H97BN2Si. The highest BCUT2D eigenvalue weighted by Gasteiger charge is 2.50. The monoisotopic (exact) mass is 1060 g/mol. The molecule has 0 saturated carbocycles. The zero-order valence-corrected chi connectivity index (χ0v) is 54.3. The van der Waals surface area contributed by atoms with Gasteiger partial charge in [0.2, 0.25) is 0 Å². The summed E-state index contributed by atoms with van der Waals surface area (Å²) < 4.78 is 0. The van der Waals surface area contributed by atoms with Crippen molar-refractivity contribution in [2.24, 2.45) is 0 Å². The van der Waals surface area contributed by atoms with Gasteiger partial charge in [0.15, 0.2) is 0 Å². The largest absolute Gasteiger partial charge is 0.311 e. The highest BCUT2D eigenvalue weighted by molar-refractivity contribution is 7.00. The van der Waals surface area contributed by atoms with Crippen molar-refractivity contribution in [3.8, 4) is 11.1 Å². The van der Waals surface area contributed by atoms with Gasteiger partial charge in [0.1, 0.15) is 0 Å². The van der Waals surface area contributed by atoms with Crippen LogP contribution in [0, 0.1) is 0 Å². The fourth-order valence-corrected chi connectivity index (χ4v) is 17.2. The van der Waals surface area contributed by atoms with Crippen molar-refractivity contribution in [2.45, 2.75) is 251 Å². The van der Waals surface area contributed by atoms with Crippen molar-refractivity contribution in [3.63, 3.8) is 0 Å². The number of benzene rings is 6. The van der Waals surface area contributed by atoms with E-state index >= 15 is 0 Å². The van der Waals surface area contributed by atoms with E-state index < -0.39 is 8.07 Å². The van der Waals surface area contributed by atoms with E-state index in [1.807, 2.05) is 0 Å². The zero-order chi connectivity index (χ0) is 57.1. The Kier molecular flexibility index (Phi) is 11.7. The van der Waals surface area contributed by atoms with Gasteiger partial charge in [-0.05, 0) is 221 Å². The molecule has 0 radical (unpaired) electrons. The van der Waals surface area contributed by atoms with Gasteiger partial charge in [-0.1, -0.05) is 199 Å². The normalized spacial score (nSPS) is 21.9. The van der Waals surface area contributed by atoms with Crippen LogP contribution in [0.4, 0.5) is 34.1 Å². The maximum Gasteiger partial charge on any atom is 0.252 e. The summed E-state index contributed by atoms with van der Waals surface area (Å²) in [5, 5.41) is 1.51. The number of hydrogen-bond acceptors (Lipinski definition) is 2. The third-order valence-electron chi connectivity index (χ3n) is 22.2. The Balaban J connectivity index is 1.28. The zero-order valence-electron chi connectivity index (χ0n) is 53.3. The fourth-order valence-electron chi connectivity index (χ4n) is 16.0. The molecule has 4 aliphatic carbocycles. The highest BCUT2D eigenvalue weighted by Crippen LogP contribution is 2.57. The molecule has 0 spiro atoms. The third kappa shape index (κ3) is 8.40. The Morgan fingerprint density at radius 2 is 0.759 bits per heavy atom. The van der Waals surface area contributed by atoms with Crippen molar-refractivity contribution in [2.75, 3.05) is 9.80 Å². The van der Waals surface area contributed by atoms with Gasteiger partial charge >= 0.3 is 0 Å². The Bertz CT molecular complexity index is 3560. The first-order valence-corrected chi connectivity index (χ1v) is 34.5. The van der Waals surface area contributed by atoms with Gasteiger partial charge in [-0.25, -0.2) is 0 Å². The van der Waals surface area contributed by atoms with Crippen molar-refractivity contribution in [1.29, 1.82) is 0 Å². The molecule has 414 valence electrons. The summed E-state index contributed by atoms with van der Waals surface area (Å²) in [6, 6.07) is 39.3. The molecule has 4 heteroatoms. The number of hydrogen-bond donors (Lipinski definition) is 0. The van der Waals surface area contributed by atoms with Crippen LogP contribution in [0.1, 0.15) is 233 Å². The average Bonchev–Trinajstić information content (AvgIpc) is 3.01. The van der Waals surface area contributed by atoms with E-state index in [0.29, 0.717) is 0 Å². The van der Waals surface area contributed by atoms with Crippen LogP contribution in [0.3, 0.4) is 0 Å². The molecule has 6 aliphatic rings. The highest BCUT2D eigenvalue weighted by atomic mass is 28.3. The summed E-state index contributed by atoms with van der Waals surface area (Å²) in [5.74, 6) is 0. The molecule has 79 heavy (non-hydrogen) atoms. The van der Waals surface area contributed by atoms with E-state index in [4.69, 9.17) is 0 Å². The van der Waals surface area contributed by atoms with Crippen molar-refractivity contribution in [3.05, 3.63) is 141 Å². The van der Waals surface area contributed by atoms with Crippen LogP contribution < -0.4 is 31.4 Å². The Hall–Kier alpha value is -4.80. The summed E-state index contributed by atoms with van der Waals surface area (Å²) in [4.78, 5) is 5.65. The van der Waals surface area contributed by atoms with Crippen LogP contribution in [0.15, 0.2) is 91.0 Å². The molecule has 0 amide bonds. The lowest BCUT2D eigenvalue weighted by Crippen LogP contribution is -2.62. The van der Waals surface area contributed by atoms with Gasteiger partial charge in [0.05, 0.1) is 13.8 Å². The first-order valence-electron chi connectivity index (χ1n) is 31.0. The van der Waals surface area contributed by atoms with Crippen molar-refractivity contribution >= 4 is 70.5 Å². The van der Waals surface area contributed by atoms with E-state index in [0.717, 1.165) is 0 Å². The smallest absolute Gasteiger partial charge is 0.252 e. The van der Waals surface area contributed by atoms with Crippen molar-refractivity contribution < 1.29 is 0 Å². The summed E-state index contributed by atoms with van der Waals surface area (Å²) in [6.45, 7) is 55.2. The number of rotatable bonds is 4. The van der Waals surface area contributed by atoms with Crippen LogP contribution >= 0.6 is 0 Å². The van der Waals surface area contributed by atoms with Crippen LogP contribution in [-0.4, -0.2) is 14.8 Å². The maximum absolute atomic E-state index is 2.86. The molecule has 12 rings (SSSR count). The molecule has 2 heterocycles. The predicted octanol–water partition coefficient (Wildman–Crippen LogP) is 18.7. The second-order valence-electron chi connectivity index (χ2n) is 33.7. The predicted molar refractivity (Wildman–Crippen MR) is 349 cm³/mol. The molecule has 2 aliphatic heterocycles. The van der Waals surface area contributed by atoms with E-state index in [-0.39, 0.29) is 55.4 Å². The fraction of sp³-hybridized carbons (Fsp3) is 0.520. The van der Waals surface area contributed by atoms with E-state index in [1.54, 1.807) is 5.56 Å². The van der Waals surface area contributed by atoms with Gasteiger partial charge in [0, 0.05) is 34.0 Å². The molecule has 0 saturated heterocycles. The molecule has 0 N–H and O–H groups in total. The first kappa shape index (κ1) is 54.8. The van der Waals surface area contributed by atoms with Crippen LogP contribution in [0.25, 0.3) is 11.1 Å². The molecule has 6 aromatic carbocycles.